The van der Waals surface area contributed by atoms with Crippen LogP contribution in [0.1, 0.15) is 12.1 Å². The van der Waals surface area contributed by atoms with Crippen molar-refractivity contribution in [2.45, 2.75) is 13.3 Å². The summed E-state index contributed by atoms with van der Waals surface area (Å²) in [5.74, 6) is 0.592. The van der Waals surface area contributed by atoms with Crippen molar-refractivity contribution in [1.29, 1.82) is 0 Å². The molecule has 0 aromatic carbocycles. The van der Waals surface area contributed by atoms with Crippen LogP contribution in [0.3, 0.4) is 0 Å². The van der Waals surface area contributed by atoms with Crippen LogP contribution in [-0.4, -0.2) is 42.5 Å². The van der Waals surface area contributed by atoms with Crippen molar-refractivity contribution in [2.75, 3.05) is 26.7 Å². The number of pyridine rings is 1. The second-order valence-corrected chi connectivity index (χ2v) is 3.83. The second kappa shape index (κ2) is 6.85. The van der Waals surface area contributed by atoms with E-state index in [9.17, 15) is 4.79 Å². The Labute approximate surface area is 102 Å². The highest BCUT2D eigenvalue weighted by molar-refractivity contribution is 5.77. The molecule has 5 heteroatoms. The normalized spacial score (nSPS) is 10.1. The third-order valence-electron chi connectivity index (χ3n) is 2.43. The Bertz CT molecular complexity index is 369. The molecule has 0 fully saturated rings. The van der Waals surface area contributed by atoms with Crippen LogP contribution in [0, 0.1) is 6.92 Å². The molecule has 1 aromatic heterocycles. The number of rotatable bonds is 6. The zero-order valence-corrected chi connectivity index (χ0v) is 10.3. The fourth-order valence-electron chi connectivity index (χ4n) is 1.32. The van der Waals surface area contributed by atoms with Crippen molar-refractivity contribution in [2.24, 2.45) is 5.73 Å². The number of nitrogens with two attached hydrogens (primary N) is 1. The van der Waals surface area contributed by atoms with E-state index in [0.717, 1.165) is 12.1 Å². The smallest absolute Gasteiger partial charge is 0.260 e. The first-order valence-electron chi connectivity index (χ1n) is 5.63. The SMILES string of the molecule is Cc1ncccc1OCC(=O)N(C)CCCN. The molecule has 0 radical (unpaired) electrons. The maximum absolute atomic E-state index is 11.7. The molecule has 0 saturated heterocycles. The monoisotopic (exact) mass is 237 g/mol. The number of carbonyl (C=O) groups excluding carboxylic acids is 1. The summed E-state index contributed by atoms with van der Waals surface area (Å²) in [4.78, 5) is 17.4. The molecule has 1 rings (SSSR count). The average molecular weight is 237 g/mol. The van der Waals surface area contributed by atoms with Crippen molar-refractivity contribution < 1.29 is 9.53 Å². The first kappa shape index (κ1) is 13.4. The van der Waals surface area contributed by atoms with E-state index in [1.807, 2.05) is 6.92 Å². The maximum Gasteiger partial charge on any atom is 0.260 e. The number of hydrogen-bond acceptors (Lipinski definition) is 4. The lowest BCUT2D eigenvalue weighted by molar-refractivity contribution is -0.132. The second-order valence-electron chi connectivity index (χ2n) is 3.83. The number of nitrogens with zero attached hydrogens (tertiary/aromatic N) is 2. The highest BCUT2D eigenvalue weighted by Crippen LogP contribution is 2.13. The van der Waals surface area contributed by atoms with Crippen LogP contribution in [0.15, 0.2) is 18.3 Å². The molecular formula is C12H19N3O2. The predicted molar refractivity (Wildman–Crippen MR) is 65.8 cm³/mol. The molecule has 0 spiro atoms. The van der Waals surface area contributed by atoms with Crippen LogP contribution in [0.4, 0.5) is 0 Å². The molecule has 1 heterocycles. The molecule has 94 valence electrons. The van der Waals surface area contributed by atoms with E-state index in [2.05, 4.69) is 4.98 Å². The van der Waals surface area contributed by atoms with Crippen LogP contribution in [0.5, 0.6) is 5.75 Å². The summed E-state index contributed by atoms with van der Waals surface area (Å²) in [7, 11) is 1.75. The Morgan fingerprint density at radius 1 is 1.59 bits per heavy atom. The molecule has 0 atom stereocenters. The van der Waals surface area contributed by atoms with Gasteiger partial charge in [-0.2, -0.15) is 0 Å². The Morgan fingerprint density at radius 3 is 3.00 bits per heavy atom. The molecule has 0 aliphatic rings. The van der Waals surface area contributed by atoms with Gasteiger partial charge in [0.05, 0.1) is 5.69 Å². The number of aromatic nitrogens is 1. The van der Waals surface area contributed by atoms with Crippen molar-refractivity contribution in [3.63, 3.8) is 0 Å². The van der Waals surface area contributed by atoms with Gasteiger partial charge in [-0.1, -0.05) is 0 Å². The Hall–Kier alpha value is -1.62. The van der Waals surface area contributed by atoms with E-state index in [1.54, 1.807) is 30.3 Å². The average Bonchev–Trinajstić information content (AvgIpc) is 2.34. The van der Waals surface area contributed by atoms with Crippen LogP contribution < -0.4 is 10.5 Å². The van der Waals surface area contributed by atoms with Crippen LogP contribution >= 0.6 is 0 Å². The van der Waals surface area contributed by atoms with E-state index in [0.29, 0.717) is 18.8 Å². The van der Waals surface area contributed by atoms with Gasteiger partial charge in [0.15, 0.2) is 6.61 Å². The molecule has 5 nitrogen and oxygen atoms in total. The fraction of sp³-hybridized carbons (Fsp3) is 0.500. The van der Waals surface area contributed by atoms with Crippen LogP contribution in [0.25, 0.3) is 0 Å². The van der Waals surface area contributed by atoms with Crippen molar-refractivity contribution >= 4 is 5.91 Å². The number of amides is 1. The van der Waals surface area contributed by atoms with Gasteiger partial charge < -0.3 is 15.4 Å². The Balaban J connectivity index is 2.40. The largest absolute Gasteiger partial charge is 0.482 e. The van der Waals surface area contributed by atoms with Gasteiger partial charge in [0, 0.05) is 19.8 Å². The highest BCUT2D eigenvalue weighted by Gasteiger charge is 2.09. The third-order valence-corrected chi connectivity index (χ3v) is 2.43. The van der Waals surface area contributed by atoms with Crippen molar-refractivity contribution in [1.82, 2.24) is 9.88 Å². The summed E-state index contributed by atoms with van der Waals surface area (Å²) in [5, 5.41) is 0. The number of likely N-dealkylation sites (N-methyl/N-ethyl adjacent to an activating group) is 1. The van der Waals surface area contributed by atoms with Gasteiger partial charge in [0.1, 0.15) is 5.75 Å². The number of aryl methyl sites for hydroxylation is 1. The number of carbonyl (C=O) groups is 1. The van der Waals surface area contributed by atoms with E-state index in [1.165, 1.54) is 0 Å². The predicted octanol–water partition coefficient (Wildman–Crippen LogP) is 0.576. The summed E-state index contributed by atoms with van der Waals surface area (Å²) in [6.45, 7) is 3.12. The lowest BCUT2D eigenvalue weighted by Crippen LogP contribution is -2.33. The molecular weight excluding hydrogens is 218 g/mol. The summed E-state index contributed by atoms with van der Waals surface area (Å²) in [5.41, 5.74) is 6.17. The lowest BCUT2D eigenvalue weighted by Gasteiger charge is -2.17. The minimum Gasteiger partial charge on any atom is -0.482 e. The van der Waals surface area contributed by atoms with Gasteiger partial charge in [-0.3, -0.25) is 9.78 Å². The van der Waals surface area contributed by atoms with Gasteiger partial charge in [-0.05, 0) is 32.0 Å². The molecule has 1 aromatic rings. The molecule has 0 saturated carbocycles. The minimum absolute atomic E-state index is 0.0353. The Morgan fingerprint density at radius 2 is 2.35 bits per heavy atom. The summed E-state index contributed by atoms with van der Waals surface area (Å²) in [6.07, 6.45) is 2.49. The molecule has 1 amide bonds. The van der Waals surface area contributed by atoms with Crippen LogP contribution in [0.2, 0.25) is 0 Å². The fourth-order valence-corrected chi connectivity index (χ4v) is 1.32. The third kappa shape index (κ3) is 4.40. The van der Waals surface area contributed by atoms with E-state index < -0.39 is 0 Å². The van der Waals surface area contributed by atoms with Gasteiger partial charge in [-0.25, -0.2) is 0 Å². The first-order chi connectivity index (χ1) is 8.15. The van der Waals surface area contributed by atoms with Gasteiger partial charge in [0.25, 0.3) is 5.91 Å². The van der Waals surface area contributed by atoms with Crippen molar-refractivity contribution in [3.8, 4) is 5.75 Å². The summed E-state index contributed by atoms with van der Waals surface area (Å²) < 4.78 is 5.41. The Kier molecular flexibility index (Phi) is 5.42. The van der Waals surface area contributed by atoms with Gasteiger partial charge in [-0.15, -0.1) is 0 Å². The summed E-state index contributed by atoms with van der Waals surface area (Å²) >= 11 is 0. The number of hydrogen-bond donors (Lipinski definition) is 1. The van der Waals surface area contributed by atoms with E-state index >= 15 is 0 Å². The molecule has 0 aliphatic carbocycles. The molecule has 2 N–H and O–H groups in total. The van der Waals surface area contributed by atoms with E-state index in [-0.39, 0.29) is 12.5 Å². The van der Waals surface area contributed by atoms with Gasteiger partial charge in [0.2, 0.25) is 0 Å². The number of ether oxygens (including phenoxy) is 1. The topological polar surface area (TPSA) is 68.5 Å². The molecule has 0 unspecified atom stereocenters. The lowest BCUT2D eigenvalue weighted by atomic mass is 10.3. The molecule has 17 heavy (non-hydrogen) atoms. The van der Waals surface area contributed by atoms with Crippen molar-refractivity contribution in [3.05, 3.63) is 24.0 Å². The minimum atomic E-state index is -0.0540. The highest BCUT2D eigenvalue weighted by atomic mass is 16.5. The quantitative estimate of drug-likeness (QED) is 0.785. The maximum atomic E-state index is 11.7. The zero-order valence-electron chi connectivity index (χ0n) is 10.3. The zero-order chi connectivity index (χ0) is 12.7. The standard InChI is InChI=1S/C12H19N3O2/c1-10-11(5-3-7-14-10)17-9-12(16)15(2)8-4-6-13/h3,5,7H,4,6,8-9,13H2,1-2H3. The van der Waals surface area contributed by atoms with Crippen LogP contribution in [-0.2, 0) is 4.79 Å². The van der Waals surface area contributed by atoms with E-state index in [4.69, 9.17) is 10.5 Å². The first-order valence-corrected chi connectivity index (χ1v) is 5.63. The molecule has 0 bridgehead atoms. The molecule has 0 aliphatic heterocycles. The summed E-state index contributed by atoms with van der Waals surface area (Å²) in [6, 6.07) is 3.58. The van der Waals surface area contributed by atoms with Gasteiger partial charge >= 0.3 is 0 Å².